The van der Waals surface area contributed by atoms with Crippen molar-refractivity contribution in [2.75, 3.05) is 17.6 Å². The number of halogens is 1. The van der Waals surface area contributed by atoms with E-state index in [2.05, 4.69) is 15.2 Å². The normalized spacial score (nSPS) is 17.5. The second-order valence-electron chi connectivity index (χ2n) is 7.78. The van der Waals surface area contributed by atoms with Crippen molar-refractivity contribution in [2.24, 2.45) is 0 Å². The number of aromatic nitrogens is 1. The number of amides is 1. The Morgan fingerprint density at radius 2 is 2.13 bits per heavy atom. The highest BCUT2D eigenvalue weighted by Gasteiger charge is 2.31. The molecule has 4 N–H and O–H groups in total. The zero-order chi connectivity index (χ0) is 21.8. The predicted octanol–water partition coefficient (Wildman–Crippen LogP) is 3.74. The van der Waals surface area contributed by atoms with E-state index in [0.717, 1.165) is 30.6 Å². The highest BCUT2D eigenvalue weighted by molar-refractivity contribution is 7.13. The maximum atomic E-state index is 13.5. The molecule has 1 unspecified atom stereocenters. The molecule has 0 aliphatic carbocycles. The summed E-state index contributed by atoms with van der Waals surface area (Å²) >= 11 is 1.32. The number of rotatable bonds is 7. The largest absolute Gasteiger partial charge is 0.387 e. The lowest BCUT2D eigenvalue weighted by Gasteiger charge is -2.29. The number of nitrogens with two attached hydrogens (primary N) is 1. The van der Waals surface area contributed by atoms with Gasteiger partial charge in [0.25, 0.3) is 0 Å². The first-order valence-corrected chi connectivity index (χ1v) is 11.1. The molecular formula is C23H25FN4O2S. The lowest BCUT2D eigenvalue weighted by atomic mass is 10.00. The van der Waals surface area contributed by atoms with Crippen LogP contribution >= 0.6 is 11.3 Å². The second kappa shape index (κ2) is 9.55. The number of nitrogen functional groups attached to an aromatic ring is 1. The lowest BCUT2D eigenvalue weighted by Crippen LogP contribution is -2.34. The van der Waals surface area contributed by atoms with Gasteiger partial charge in [-0.05, 0) is 54.8 Å². The number of likely N-dealkylation sites (tertiary alicyclic amines) is 1. The molecule has 6 nitrogen and oxygen atoms in total. The first-order valence-electron chi connectivity index (χ1n) is 10.2. The summed E-state index contributed by atoms with van der Waals surface area (Å²) in [6.07, 6.45) is 1.32. The summed E-state index contributed by atoms with van der Waals surface area (Å²) in [6.45, 7) is 1.57. The van der Waals surface area contributed by atoms with Crippen LogP contribution in [0.15, 0.2) is 53.9 Å². The number of carbonyl (C=O) groups excluding carboxylic acids is 1. The average molecular weight is 441 g/mol. The third-order valence-electron chi connectivity index (χ3n) is 5.50. The maximum absolute atomic E-state index is 13.5. The molecule has 3 aromatic rings. The van der Waals surface area contributed by atoms with Crippen LogP contribution in [0.5, 0.6) is 0 Å². The van der Waals surface area contributed by atoms with E-state index < -0.39 is 6.10 Å². The molecule has 0 radical (unpaired) electrons. The van der Waals surface area contributed by atoms with E-state index in [1.54, 1.807) is 17.5 Å². The van der Waals surface area contributed by atoms with E-state index in [1.807, 2.05) is 24.3 Å². The Hall–Kier alpha value is -2.81. The zero-order valence-electron chi connectivity index (χ0n) is 17.0. The van der Waals surface area contributed by atoms with E-state index >= 15 is 0 Å². The number of benzene rings is 2. The van der Waals surface area contributed by atoms with Gasteiger partial charge in [-0.3, -0.25) is 9.69 Å². The van der Waals surface area contributed by atoms with Gasteiger partial charge in [-0.25, -0.2) is 9.37 Å². The van der Waals surface area contributed by atoms with Crippen LogP contribution in [0.2, 0.25) is 0 Å². The molecule has 1 aliphatic heterocycles. The van der Waals surface area contributed by atoms with Crippen molar-refractivity contribution in [1.29, 1.82) is 0 Å². The molecule has 1 saturated heterocycles. The van der Waals surface area contributed by atoms with Gasteiger partial charge in [0.2, 0.25) is 5.91 Å². The number of aliphatic hydroxyl groups excluding tert-OH is 1. The Morgan fingerprint density at radius 3 is 2.84 bits per heavy atom. The monoisotopic (exact) mass is 440 g/mol. The van der Waals surface area contributed by atoms with Crippen molar-refractivity contribution >= 4 is 28.1 Å². The van der Waals surface area contributed by atoms with Crippen LogP contribution in [0.25, 0.3) is 0 Å². The minimum atomic E-state index is -0.725. The first kappa shape index (κ1) is 21.4. The number of hydrogen-bond donors (Lipinski definition) is 3. The van der Waals surface area contributed by atoms with Gasteiger partial charge in [0.1, 0.15) is 5.82 Å². The van der Waals surface area contributed by atoms with Crippen molar-refractivity contribution < 1.29 is 14.3 Å². The van der Waals surface area contributed by atoms with Crippen LogP contribution in [-0.2, 0) is 17.8 Å². The van der Waals surface area contributed by atoms with E-state index in [0.29, 0.717) is 22.9 Å². The number of hydrogen-bond acceptors (Lipinski definition) is 6. The number of thiazole rings is 1. The first-order chi connectivity index (χ1) is 15.0. The van der Waals surface area contributed by atoms with Gasteiger partial charge in [-0.1, -0.05) is 24.3 Å². The number of anilines is 2. The van der Waals surface area contributed by atoms with E-state index in [1.165, 1.54) is 23.5 Å². The Balaban J connectivity index is 1.35. The van der Waals surface area contributed by atoms with Gasteiger partial charge in [0.05, 0.1) is 18.2 Å². The van der Waals surface area contributed by atoms with Crippen molar-refractivity contribution in [1.82, 2.24) is 9.88 Å². The minimum absolute atomic E-state index is 0.0493. The fourth-order valence-electron chi connectivity index (χ4n) is 4.02. The van der Waals surface area contributed by atoms with Gasteiger partial charge in [0.15, 0.2) is 5.13 Å². The number of aliphatic hydroxyl groups is 1. The van der Waals surface area contributed by atoms with Crippen molar-refractivity contribution in [3.8, 4) is 0 Å². The SMILES string of the molecule is Nc1nc(CC(=O)Nc2ccc(CN3CCCC3[C@H](O)c3cccc(F)c3)cc2)cs1. The summed E-state index contributed by atoms with van der Waals surface area (Å²) in [4.78, 5) is 18.5. The molecule has 8 heteroatoms. The zero-order valence-corrected chi connectivity index (χ0v) is 17.8. The minimum Gasteiger partial charge on any atom is -0.387 e. The van der Waals surface area contributed by atoms with Crippen LogP contribution in [0.3, 0.4) is 0 Å². The summed E-state index contributed by atoms with van der Waals surface area (Å²) in [5.74, 6) is -0.479. The van der Waals surface area contributed by atoms with Crippen LogP contribution in [0.4, 0.5) is 15.2 Å². The molecular weight excluding hydrogens is 415 g/mol. The third-order valence-corrected chi connectivity index (χ3v) is 6.23. The van der Waals surface area contributed by atoms with Gasteiger partial charge in [0, 0.05) is 23.7 Å². The number of carbonyl (C=O) groups is 1. The summed E-state index contributed by atoms with van der Waals surface area (Å²) in [7, 11) is 0. The molecule has 31 heavy (non-hydrogen) atoms. The molecule has 0 bridgehead atoms. The molecule has 2 atom stereocenters. The second-order valence-corrected chi connectivity index (χ2v) is 8.67. The van der Waals surface area contributed by atoms with Crippen LogP contribution in [0.1, 0.15) is 35.8 Å². The highest BCUT2D eigenvalue weighted by Crippen LogP contribution is 2.31. The fourth-order valence-corrected chi connectivity index (χ4v) is 4.58. The summed E-state index contributed by atoms with van der Waals surface area (Å²) < 4.78 is 13.5. The van der Waals surface area contributed by atoms with E-state index in [9.17, 15) is 14.3 Å². The Labute approximate surface area is 184 Å². The van der Waals surface area contributed by atoms with Crippen molar-refractivity contribution in [2.45, 2.75) is 38.0 Å². The van der Waals surface area contributed by atoms with Gasteiger partial charge in [-0.15, -0.1) is 11.3 Å². The van der Waals surface area contributed by atoms with Crippen LogP contribution in [-0.4, -0.2) is 33.5 Å². The molecule has 4 rings (SSSR count). The average Bonchev–Trinajstić information content (AvgIpc) is 3.37. The summed E-state index contributed by atoms with van der Waals surface area (Å²) in [6, 6.07) is 13.8. The molecule has 1 fully saturated rings. The van der Waals surface area contributed by atoms with Crippen molar-refractivity contribution in [3.05, 3.63) is 76.5 Å². The van der Waals surface area contributed by atoms with Gasteiger partial charge in [-0.2, -0.15) is 0 Å². The quantitative estimate of drug-likeness (QED) is 0.521. The van der Waals surface area contributed by atoms with E-state index in [4.69, 9.17) is 5.73 Å². The molecule has 1 amide bonds. The third kappa shape index (κ3) is 5.46. The molecule has 0 spiro atoms. The molecule has 162 valence electrons. The Bertz CT molecular complexity index is 1040. The molecule has 2 aromatic carbocycles. The molecule has 2 heterocycles. The maximum Gasteiger partial charge on any atom is 0.230 e. The standard InChI is InChI=1S/C23H25FN4O2S/c24-17-4-1-3-16(11-17)22(30)20-5-2-10-28(20)13-15-6-8-18(9-7-15)26-21(29)12-19-14-31-23(25)27-19/h1,3-4,6-9,11,14,20,22,30H,2,5,10,12-13H2,(H2,25,27)(H,26,29)/t20?,22-/m1/s1. The predicted molar refractivity (Wildman–Crippen MR) is 120 cm³/mol. The summed E-state index contributed by atoms with van der Waals surface area (Å²) in [5, 5.41) is 15.9. The fraction of sp³-hybridized carbons (Fsp3) is 0.304. The van der Waals surface area contributed by atoms with Crippen LogP contribution < -0.4 is 11.1 Å². The molecule has 0 saturated carbocycles. The summed E-state index contributed by atoms with van der Waals surface area (Å²) in [5.41, 5.74) is 8.67. The molecule has 1 aliphatic rings. The smallest absolute Gasteiger partial charge is 0.230 e. The Morgan fingerprint density at radius 1 is 1.32 bits per heavy atom. The molecule has 1 aromatic heterocycles. The number of nitrogens with one attached hydrogen (secondary N) is 1. The number of nitrogens with zero attached hydrogens (tertiary/aromatic N) is 2. The Kier molecular flexibility index (Phi) is 6.60. The lowest BCUT2D eigenvalue weighted by molar-refractivity contribution is -0.115. The van der Waals surface area contributed by atoms with Gasteiger partial charge < -0.3 is 16.2 Å². The van der Waals surface area contributed by atoms with E-state index in [-0.39, 0.29) is 24.2 Å². The van der Waals surface area contributed by atoms with Gasteiger partial charge >= 0.3 is 0 Å². The van der Waals surface area contributed by atoms with Crippen molar-refractivity contribution in [3.63, 3.8) is 0 Å². The van der Waals surface area contributed by atoms with Crippen LogP contribution in [0, 0.1) is 5.82 Å². The highest BCUT2D eigenvalue weighted by atomic mass is 32.1. The topological polar surface area (TPSA) is 91.5 Å².